The Kier molecular flexibility index (Phi) is 3.59. The van der Waals surface area contributed by atoms with Gasteiger partial charge in [-0.1, -0.05) is 0 Å². The molecule has 0 radical (unpaired) electrons. The van der Waals surface area contributed by atoms with E-state index in [4.69, 9.17) is 4.42 Å². The summed E-state index contributed by atoms with van der Waals surface area (Å²) in [6, 6.07) is 1.98. The Morgan fingerprint density at radius 2 is 2.53 bits per heavy atom. The van der Waals surface area contributed by atoms with Gasteiger partial charge < -0.3 is 9.21 Å². The lowest BCUT2D eigenvalue weighted by molar-refractivity contribution is -0.112. The molecule has 2 heterocycles. The normalized spacial score (nSPS) is 22.9. The molecule has 1 fully saturated rings. The molecule has 0 bridgehead atoms. The van der Waals surface area contributed by atoms with Crippen LogP contribution in [0, 0.1) is 5.92 Å². The Hall–Kier alpha value is -0.610. The molecule has 0 amide bonds. The molecule has 1 saturated heterocycles. The van der Waals surface area contributed by atoms with Crippen molar-refractivity contribution in [2.24, 2.45) is 5.92 Å². The van der Waals surface area contributed by atoms with Gasteiger partial charge in [0.1, 0.15) is 6.29 Å². The predicted octanol–water partition coefficient (Wildman–Crippen LogP) is 2.45. The quantitative estimate of drug-likeness (QED) is 0.792. The largest absolute Gasteiger partial charge is 0.457 e. The second-order valence-electron chi connectivity index (χ2n) is 4.03. The molecule has 1 aliphatic heterocycles. The van der Waals surface area contributed by atoms with Crippen molar-refractivity contribution < 1.29 is 9.21 Å². The van der Waals surface area contributed by atoms with E-state index in [9.17, 15) is 4.79 Å². The number of likely N-dealkylation sites (tertiary alicyclic amines) is 1. The van der Waals surface area contributed by atoms with Gasteiger partial charge in [0.15, 0.2) is 4.67 Å². The van der Waals surface area contributed by atoms with Gasteiger partial charge in [0.05, 0.1) is 6.26 Å². The first-order valence-electron chi connectivity index (χ1n) is 5.18. The van der Waals surface area contributed by atoms with Crippen LogP contribution >= 0.6 is 15.9 Å². The molecule has 1 unspecified atom stereocenters. The maximum absolute atomic E-state index is 10.7. The molecule has 1 aliphatic rings. The van der Waals surface area contributed by atoms with Gasteiger partial charge in [-0.25, -0.2) is 0 Å². The van der Waals surface area contributed by atoms with E-state index in [0.717, 1.165) is 49.0 Å². The molecule has 4 heteroatoms. The van der Waals surface area contributed by atoms with Crippen LogP contribution < -0.4 is 0 Å². The minimum Gasteiger partial charge on any atom is -0.457 e. The highest BCUT2D eigenvalue weighted by Crippen LogP contribution is 2.19. The molecule has 1 aromatic heterocycles. The molecule has 1 atom stereocenters. The van der Waals surface area contributed by atoms with Gasteiger partial charge in [0, 0.05) is 24.6 Å². The Balaban J connectivity index is 1.91. The van der Waals surface area contributed by atoms with Crippen LogP contribution in [0.5, 0.6) is 0 Å². The fourth-order valence-electron chi connectivity index (χ4n) is 2.03. The number of aldehydes is 1. The zero-order valence-corrected chi connectivity index (χ0v) is 10.1. The van der Waals surface area contributed by atoms with Gasteiger partial charge in [0.25, 0.3) is 0 Å². The summed E-state index contributed by atoms with van der Waals surface area (Å²) in [6.45, 7) is 2.83. The topological polar surface area (TPSA) is 33.5 Å². The molecular formula is C11H14BrNO2. The fourth-order valence-corrected chi connectivity index (χ4v) is 2.42. The van der Waals surface area contributed by atoms with E-state index in [1.807, 2.05) is 6.07 Å². The van der Waals surface area contributed by atoms with Crippen LogP contribution in [-0.4, -0.2) is 24.3 Å². The van der Waals surface area contributed by atoms with Crippen molar-refractivity contribution in [3.63, 3.8) is 0 Å². The molecule has 2 rings (SSSR count). The summed E-state index contributed by atoms with van der Waals surface area (Å²) < 4.78 is 5.94. The predicted molar refractivity (Wildman–Crippen MR) is 60.5 cm³/mol. The fraction of sp³-hybridized carbons (Fsp3) is 0.545. The number of furan rings is 1. The van der Waals surface area contributed by atoms with Crippen molar-refractivity contribution >= 4 is 22.2 Å². The van der Waals surface area contributed by atoms with E-state index in [0.29, 0.717) is 0 Å². The first kappa shape index (κ1) is 10.9. The number of piperidine rings is 1. The lowest BCUT2D eigenvalue weighted by Gasteiger charge is -2.29. The van der Waals surface area contributed by atoms with Crippen molar-refractivity contribution in [1.29, 1.82) is 0 Å². The van der Waals surface area contributed by atoms with Gasteiger partial charge in [-0.15, -0.1) is 0 Å². The molecule has 82 valence electrons. The number of hydrogen-bond donors (Lipinski definition) is 0. The SMILES string of the molecule is O=CC1CCCN(Cc2coc(Br)c2)C1. The molecule has 15 heavy (non-hydrogen) atoms. The third-order valence-electron chi connectivity index (χ3n) is 2.76. The second kappa shape index (κ2) is 4.94. The monoisotopic (exact) mass is 271 g/mol. The average molecular weight is 272 g/mol. The molecule has 0 aliphatic carbocycles. The minimum atomic E-state index is 0.217. The first-order chi connectivity index (χ1) is 7.28. The highest BCUT2D eigenvalue weighted by Gasteiger charge is 2.19. The van der Waals surface area contributed by atoms with Crippen LogP contribution in [0.3, 0.4) is 0 Å². The molecule has 1 aromatic rings. The van der Waals surface area contributed by atoms with Crippen LogP contribution in [0.1, 0.15) is 18.4 Å². The number of halogens is 1. The summed E-state index contributed by atoms with van der Waals surface area (Å²) >= 11 is 3.28. The summed E-state index contributed by atoms with van der Waals surface area (Å²) in [4.78, 5) is 13.0. The van der Waals surface area contributed by atoms with Crippen LogP contribution in [0.2, 0.25) is 0 Å². The summed E-state index contributed by atoms with van der Waals surface area (Å²) in [5.41, 5.74) is 1.16. The highest BCUT2D eigenvalue weighted by molar-refractivity contribution is 9.10. The van der Waals surface area contributed by atoms with E-state index >= 15 is 0 Å². The maximum atomic E-state index is 10.7. The van der Waals surface area contributed by atoms with Gasteiger partial charge >= 0.3 is 0 Å². The van der Waals surface area contributed by atoms with E-state index in [-0.39, 0.29) is 5.92 Å². The van der Waals surface area contributed by atoms with E-state index in [1.54, 1.807) is 6.26 Å². The van der Waals surface area contributed by atoms with Crippen molar-refractivity contribution in [1.82, 2.24) is 4.90 Å². The first-order valence-corrected chi connectivity index (χ1v) is 5.98. The summed E-state index contributed by atoms with van der Waals surface area (Å²) in [5, 5.41) is 0. The molecule has 0 N–H and O–H groups in total. The highest BCUT2D eigenvalue weighted by atomic mass is 79.9. The lowest BCUT2D eigenvalue weighted by Crippen LogP contribution is -2.35. The van der Waals surface area contributed by atoms with Gasteiger partial charge in [-0.3, -0.25) is 4.90 Å². The smallest absolute Gasteiger partial charge is 0.169 e. The Bertz CT molecular complexity index is 337. The number of carbonyl (C=O) groups excluding carboxylic acids is 1. The Labute approximate surface area is 97.6 Å². The van der Waals surface area contributed by atoms with E-state index in [1.165, 1.54) is 0 Å². The molecule has 0 aromatic carbocycles. The van der Waals surface area contributed by atoms with Crippen LogP contribution in [0.4, 0.5) is 0 Å². The number of nitrogens with zero attached hydrogens (tertiary/aromatic N) is 1. The summed E-state index contributed by atoms with van der Waals surface area (Å²) in [5.74, 6) is 0.217. The van der Waals surface area contributed by atoms with Crippen LogP contribution in [0.25, 0.3) is 0 Å². The van der Waals surface area contributed by atoms with Gasteiger partial charge in [-0.2, -0.15) is 0 Å². The maximum Gasteiger partial charge on any atom is 0.169 e. The van der Waals surface area contributed by atoms with Crippen molar-refractivity contribution in [2.75, 3.05) is 13.1 Å². The van der Waals surface area contributed by atoms with E-state index < -0.39 is 0 Å². The van der Waals surface area contributed by atoms with Crippen LogP contribution in [0.15, 0.2) is 21.4 Å². The van der Waals surface area contributed by atoms with Crippen LogP contribution in [-0.2, 0) is 11.3 Å². The Morgan fingerprint density at radius 1 is 1.67 bits per heavy atom. The number of hydrogen-bond acceptors (Lipinski definition) is 3. The standard InChI is InChI=1S/C11H14BrNO2/c12-11-4-10(8-15-11)6-13-3-1-2-9(5-13)7-14/h4,7-9H,1-3,5-6H2. The van der Waals surface area contributed by atoms with Crippen molar-refractivity contribution in [3.05, 3.63) is 22.6 Å². The van der Waals surface area contributed by atoms with Crippen molar-refractivity contribution in [2.45, 2.75) is 19.4 Å². The third kappa shape index (κ3) is 2.92. The Morgan fingerprint density at radius 3 is 3.20 bits per heavy atom. The summed E-state index contributed by atoms with van der Waals surface area (Å²) in [6.07, 6.45) is 4.99. The molecule has 3 nitrogen and oxygen atoms in total. The minimum absolute atomic E-state index is 0.217. The van der Waals surface area contributed by atoms with Crippen molar-refractivity contribution in [3.8, 4) is 0 Å². The number of carbonyl (C=O) groups is 1. The van der Waals surface area contributed by atoms with Gasteiger partial charge in [-0.05, 0) is 41.4 Å². The van der Waals surface area contributed by atoms with Gasteiger partial charge in [0.2, 0.25) is 0 Å². The zero-order valence-electron chi connectivity index (χ0n) is 8.49. The third-order valence-corrected chi connectivity index (χ3v) is 3.18. The number of rotatable bonds is 3. The van der Waals surface area contributed by atoms with E-state index in [2.05, 4.69) is 20.8 Å². The average Bonchev–Trinajstić information content (AvgIpc) is 2.64. The zero-order chi connectivity index (χ0) is 10.7. The molecular weight excluding hydrogens is 258 g/mol. The molecule has 0 saturated carbocycles. The molecule has 0 spiro atoms. The summed E-state index contributed by atoms with van der Waals surface area (Å²) in [7, 11) is 0. The second-order valence-corrected chi connectivity index (χ2v) is 4.81. The lowest BCUT2D eigenvalue weighted by atomic mass is 9.99.